The predicted molar refractivity (Wildman–Crippen MR) is 124 cm³/mol. The molecular weight excluding hydrogens is 406 g/mol. The molecule has 7 heteroatoms. The third-order valence-corrected chi connectivity index (χ3v) is 5.72. The Balaban J connectivity index is 1.42. The van der Waals surface area contributed by atoms with Crippen molar-refractivity contribution in [2.24, 2.45) is 0 Å². The normalized spacial score (nSPS) is 12.7. The van der Waals surface area contributed by atoms with Gasteiger partial charge in [-0.2, -0.15) is 0 Å². The fourth-order valence-electron chi connectivity index (χ4n) is 4.07. The van der Waals surface area contributed by atoms with Gasteiger partial charge in [-0.05, 0) is 49.1 Å². The van der Waals surface area contributed by atoms with Gasteiger partial charge in [-0.1, -0.05) is 12.1 Å². The number of methoxy groups -OCH3 is 3. The van der Waals surface area contributed by atoms with Crippen LogP contribution in [0.3, 0.4) is 0 Å². The molecule has 1 aliphatic rings. The molecule has 0 aliphatic carbocycles. The van der Waals surface area contributed by atoms with Crippen molar-refractivity contribution in [2.75, 3.05) is 26.6 Å². The van der Waals surface area contributed by atoms with Crippen LogP contribution in [-0.2, 0) is 24.2 Å². The number of amides is 1. The average Bonchev–Trinajstić information content (AvgIpc) is 3.26. The number of nitrogens with one attached hydrogen (secondary N) is 1. The van der Waals surface area contributed by atoms with Gasteiger partial charge in [0.05, 0.1) is 27.0 Å². The summed E-state index contributed by atoms with van der Waals surface area (Å²) in [6, 6.07) is 11.6. The number of aromatic nitrogens is 2. The van der Waals surface area contributed by atoms with Crippen molar-refractivity contribution in [3.63, 3.8) is 0 Å². The summed E-state index contributed by atoms with van der Waals surface area (Å²) < 4.78 is 18.4. The van der Waals surface area contributed by atoms with Crippen LogP contribution in [0.25, 0.3) is 11.3 Å². The molecule has 0 saturated carbocycles. The van der Waals surface area contributed by atoms with Gasteiger partial charge in [0.1, 0.15) is 5.82 Å². The van der Waals surface area contributed by atoms with E-state index < -0.39 is 0 Å². The van der Waals surface area contributed by atoms with E-state index in [-0.39, 0.29) is 5.91 Å². The van der Waals surface area contributed by atoms with E-state index >= 15 is 0 Å². The van der Waals surface area contributed by atoms with Crippen LogP contribution in [0.2, 0.25) is 0 Å². The molecule has 0 radical (unpaired) electrons. The molecule has 7 nitrogen and oxygen atoms in total. The van der Waals surface area contributed by atoms with E-state index in [9.17, 15) is 4.79 Å². The van der Waals surface area contributed by atoms with Crippen molar-refractivity contribution in [1.82, 2.24) is 9.55 Å². The second kappa shape index (κ2) is 9.77. The average molecular weight is 436 g/mol. The molecular formula is C25H29N3O4. The first-order valence-corrected chi connectivity index (χ1v) is 10.9. The van der Waals surface area contributed by atoms with Gasteiger partial charge < -0.3 is 24.1 Å². The maximum absolute atomic E-state index is 12.6. The SMILES string of the molecule is COc1cc(CCC(=O)Nc2cccc(-c3cn4c(n3)CCCC4)c2)cc(OC)c1OC. The van der Waals surface area contributed by atoms with Gasteiger partial charge in [0, 0.05) is 36.8 Å². The van der Waals surface area contributed by atoms with Gasteiger partial charge in [-0.15, -0.1) is 0 Å². The number of nitrogens with zero attached hydrogens (tertiary/aromatic N) is 2. The quantitative estimate of drug-likeness (QED) is 0.565. The summed E-state index contributed by atoms with van der Waals surface area (Å²) in [6.07, 6.45) is 6.41. The van der Waals surface area contributed by atoms with E-state index in [2.05, 4.69) is 16.1 Å². The van der Waals surface area contributed by atoms with Gasteiger partial charge in [0.2, 0.25) is 11.7 Å². The van der Waals surface area contributed by atoms with Crippen molar-refractivity contribution in [3.8, 4) is 28.5 Å². The standard InChI is InChI=1S/C25H29N3O4/c1-30-21-13-17(14-22(31-2)25(21)32-3)10-11-24(29)26-19-8-6-7-18(15-19)20-16-28-12-5-4-9-23(28)27-20/h6-8,13-16H,4-5,9-12H2,1-3H3,(H,26,29). The number of carbonyl (C=O) groups excluding carboxylic acids is 1. The molecule has 2 heterocycles. The molecule has 0 bridgehead atoms. The number of hydrogen-bond acceptors (Lipinski definition) is 5. The van der Waals surface area contributed by atoms with E-state index in [0.29, 0.717) is 30.1 Å². The molecule has 1 aliphatic heterocycles. The molecule has 168 valence electrons. The predicted octanol–water partition coefficient (Wildman–Crippen LogP) is 4.48. The van der Waals surface area contributed by atoms with Gasteiger partial charge in [0.25, 0.3) is 0 Å². The minimum absolute atomic E-state index is 0.0555. The molecule has 2 aromatic carbocycles. The van der Waals surface area contributed by atoms with Gasteiger partial charge in [-0.25, -0.2) is 4.98 Å². The lowest BCUT2D eigenvalue weighted by Gasteiger charge is -2.14. The summed E-state index contributed by atoms with van der Waals surface area (Å²) in [5.74, 6) is 2.79. The number of imidazole rings is 1. The first-order valence-electron chi connectivity index (χ1n) is 10.9. The summed E-state index contributed by atoms with van der Waals surface area (Å²) in [5, 5.41) is 3.00. The highest BCUT2D eigenvalue weighted by Gasteiger charge is 2.15. The lowest BCUT2D eigenvalue weighted by Crippen LogP contribution is -2.12. The van der Waals surface area contributed by atoms with Gasteiger partial charge in [0.15, 0.2) is 11.5 Å². The van der Waals surface area contributed by atoms with Crippen LogP contribution in [0.1, 0.15) is 30.7 Å². The Bertz CT molecular complexity index is 1060. The molecule has 0 spiro atoms. The van der Waals surface area contributed by atoms with E-state index in [1.165, 1.54) is 12.8 Å². The highest BCUT2D eigenvalue weighted by molar-refractivity contribution is 5.91. The molecule has 1 amide bonds. The minimum Gasteiger partial charge on any atom is -0.493 e. The zero-order valence-electron chi connectivity index (χ0n) is 18.8. The lowest BCUT2D eigenvalue weighted by atomic mass is 10.1. The molecule has 0 fully saturated rings. The third kappa shape index (κ3) is 4.72. The number of hydrogen-bond donors (Lipinski definition) is 1. The monoisotopic (exact) mass is 435 g/mol. The van der Waals surface area contributed by atoms with Crippen molar-refractivity contribution in [3.05, 3.63) is 54.0 Å². The van der Waals surface area contributed by atoms with Crippen LogP contribution in [0, 0.1) is 0 Å². The number of aryl methyl sites for hydroxylation is 3. The fraction of sp³-hybridized carbons (Fsp3) is 0.360. The smallest absolute Gasteiger partial charge is 0.224 e. The Morgan fingerprint density at radius 1 is 1.06 bits per heavy atom. The largest absolute Gasteiger partial charge is 0.493 e. The Morgan fingerprint density at radius 2 is 1.84 bits per heavy atom. The highest BCUT2D eigenvalue weighted by atomic mass is 16.5. The van der Waals surface area contributed by atoms with Crippen LogP contribution >= 0.6 is 0 Å². The molecule has 4 rings (SSSR count). The zero-order valence-corrected chi connectivity index (χ0v) is 18.8. The Hall–Kier alpha value is -3.48. The van der Waals surface area contributed by atoms with Crippen molar-refractivity contribution in [1.29, 1.82) is 0 Å². The molecule has 3 aromatic rings. The van der Waals surface area contributed by atoms with E-state index in [0.717, 1.165) is 41.3 Å². The minimum atomic E-state index is -0.0555. The van der Waals surface area contributed by atoms with Crippen molar-refractivity contribution >= 4 is 11.6 Å². The maximum atomic E-state index is 12.6. The Labute approximate surface area is 188 Å². The summed E-state index contributed by atoms with van der Waals surface area (Å²) in [7, 11) is 4.73. The molecule has 32 heavy (non-hydrogen) atoms. The maximum Gasteiger partial charge on any atom is 0.224 e. The number of anilines is 1. The van der Waals surface area contributed by atoms with Crippen LogP contribution in [0.5, 0.6) is 17.2 Å². The third-order valence-electron chi connectivity index (χ3n) is 5.72. The molecule has 0 atom stereocenters. The first kappa shape index (κ1) is 21.7. The van der Waals surface area contributed by atoms with Crippen LogP contribution in [-0.4, -0.2) is 36.8 Å². The molecule has 0 saturated heterocycles. The van der Waals surface area contributed by atoms with Crippen LogP contribution in [0.4, 0.5) is 5.69 Å². The van der Waals surface area contributed by atoms with Crippen molar-refractivity contribution in [2.45, 2.75) is 38.6 Å². The number of benzene rings is 2. The Kier molecular flexibility index (Phi) is 6.63. The van der Waals surface area contributed by atoms with E-state index in [1.807, 2.05) is 36.4 Å². The summed E-state index contributed by atoms with van der Waals surface area (Å²) >= 11 is 0. The topological polar surface area (TPSA) is 74.6 Å². The number of ether oxygens (including phenoxy) is 3. The Morgan fingerprint density at radius 3 is 2.53 bits per heavy atom. The van der Waals surface area contributed by atoms with Crippen molar-refractivity contribution < 1.29 is 19.0 Å². The van der Waals surface area contributed by atoms with Crippen LogP contribution < -0.4 is 19.5 Å². The second-order valence-electron chi connectivity index (χ2n) is 7.86. The van der Waals surface area contributed by atoms with Gasteiger partial charge in [-0.3, -0.25) is 4.79 Å². The molecule has 1 aromatic heterocycles. The summed E-state index contributed by atoms with van der Waals surface area (Å²) in [6.45, 7) is 1.03. The van der Waals surface area contributed by atoms with Gasteiger partial charge >= 0.3 is 0 Å². The summed E-state index contributed by atoms with van der Waals surface area (Å²) in [5.41, 5.74) is 3.67. The zero-order chi connectivity index (χ0) is 22.5. The summed E-state index contributed by atoms with van der Waals surface area (Å²) in [4.78, 5) is 17.4. The number of rotatable bonds is 8. The second-order valence-corrected chi connectivity index (χ2v) is 7.86. The number of fused-ring (bicyclic) bond motifs is 1. The van der Waals surface area contributed by atoms with Crippen LogP contribution in [0.15, 0.2) is 42.6 Å². The lowest BCUT2D eigenvalue weighted by molar-refractivity contribution is -0.116. The number of carbonyl (C=O) groups is 1. The first-order chi connectivity index (χ1) is 15.6. The fourth-order valence-corrected chi connectivity index (χ4v) is 4.07. The highest BCUT2D eigenvalue weighted by Crippen LogP contribution is 2.38. The molecule has 1 N–H and O–H groups in total. The van der Waals surface area contributed by atoms with E-state index in [1.54, 1.807) is 21.3 Å². The van der Waals surface area contributed by atoms with E-state index in [4.69, 9.17) is 19.2 Å². The molecule has 0 unspecified atom stereocenters.